The molecule has 232 valence electrons. The van der Waals surface area contributed by atoms with Crippen molar-refractivity contribution in [2.24, 2.45) is 5.92 Å². The van der Waals surface area contributed by atoms with Crippen molar-refractivity contribution in [1.82, 2.24) is 25.3 Å². The van der Waals surface area contributed by atoms with E-state index in [4.69, 9.17) is 0 Å². The highest BCUT2D eigenvalue weighted by atomic mass is 19.4. The molecule has 1 saturated heterocycles. The number of allylic oxidation sites excluding steroid dienone is 1. The first-order valence-electron chi connectivity index (χ1n) is 14.6. The van der Waals surface area contributed by atoms with Crippen LogP contribution >= 0.6 is 0 Å². The summed E-state index contributed by atoms with van der Waals surface area (Å²) in [5.41, 5.74) is 2.31. The maximum Gasteiger partial charge on any atom is 0.410 e. The summed E-state index contributed by atoms with van der Waals surface area (Å²) in [5, 5.41) is 12.3. The Kier molecular flexibility index (Phi) is 8.64. The second-order valence-electron chi connectivity index (χ2n) is 11.7. The minimum atomic E-state index is -4.60. The van der Waals surface area contributed by atoms with E-state index in [0.29, 0.717) is 5.69 Å². The van der Waals surface area contributed by atoms with E-state index >= 15 is 4.39 Å². The first-order chi connectivity index (χ1) is 20.4. The van der Waals surface area contributed by atoms with Gasteiger partial charge in [-0.05, 0) is 81.7 Å². The summed E-state index contributed by atoms with van der Waals surface area (Å²) in [7, 11) is 0. The lowest BCUT2D eigenvalue weighted by Crippen LogP contribution is -2.60. The summed E-state index contributed by atoms with van der Waals surface area (Å²) >= 11 is 0. The molecule has 9 nitrogen and oxygen atoms in total. The van der Waals surface area contributed by atoms with Crippen LogP contribution in [0.5, 0.6) is 0 Å². The van der Waals surface area contributed by atoms with Crippen molar-refractivity contribution in [1.29, 1.82) is 0 Å². The SMILES string of the molecule is CC(C)n1nccc1C(=O)N[C@H](C(=O)Nc1ccc([C@H](C)C(=O)N2CCNCC2C(F)(F)F)cc1F)C(=C1CC1)C1CC1. The quantitative estimate of drug-likeness (QED) is 0.292. The number of aromatic nitrogens is 2. The fourth-order valence-electron chi connectivity index (χ4n) is 5.63. The van der Waals surface area contributed by atoms with Crippen molar-refractivity contribution in [2.45, 2.75) is 76.7 Å². The standard InChI is InChI=1S/C30H36F4N6O3/c1-16(2)40-23(10-11-36-40)27(41)38-26(25(18-4-5-18)19-6-7-19)28(42)37-22-9-8-20(14-21(22)31)17(3)29(43)39-13-12-35-15-24(39)30(32,33)34/h8-11,14,16-18,24,26,35H,4-7,12-13,15H2,1-3H3,(H,37,42)(H,38,41)/t17-,24?,26-/m0/s1. The number of benzene rings is 1. The lowest BCUT2D eigenvalue weighted by Gasteiger charge is -2.38. The third kappa shape index (κ3) is 6.76. The third-order valence-electron chi connectivity index (χ3n) is 8.19. The van der Waals surface area contributed by atoms with Crippen LogP contribution < -0.4 is 16.0 Å². The molecule has 13 heteroatoms. The number of rotatable bonds is 9. The minimum absolute atomic E-state index is 0.0828. The first kappa shape index (κ1) is 30.7. The zero-order valence-electron chi connectivity index (χ0n) is 24.3. The lowest BCUT2D eigenvalue weighted by molar-refractivity contribution is -0.193. The number of hydrogen-bond acceptors (Lipinski definition) is 5. The molecule has 2 heterocycles. The zero-order chi connectivity index (χ0) is 31.1. The number of nitrogens with one attached hydrogen (secondary N) is 3. The molecule has 1 aromatic carbocycles. The highest BCUT2D eigenvalue weighted by molar-refractivity contribution is 6.02. The molecule has 3 aliphatic rings. The molecular formula is C30H36F4N6O3. The van der Waals surface area contributed by atoms with E-state index in [9.17, 15) is 27.6 Å². The van der Waals surface area contributed by atoms with E-state index in [-0.39, 0.29) is 36.3 Å². The molecule has 2 aromatic rings. The number of amides is 3. The van der Waals surface area contributed by atoms with Gasteiger partial charge in [0.25, 0.3) is 11.8 Å². The van der Waals surface area contributed by atoms with Crippen LogP contribution in [0.3, 0.4) is 0 Å². The predicted molar refractivity (Wildman–Crippen MR) is 151 cm³/mol. The number of carbonyl (C=O) groups is 3. The van der Waals surface area contributed by atoms with Gasteiger partial charge in [0.1, 0.15) is 23.6 Å². The van der Waals surface area contributed by atoms with Crippen molar-refractivity contribution in [2.75, 3.05) is 25.0 Å². The molecule has 3 atom stereocenters. The Bertz CT molecular complexity index is 1430. The lowest BCUT2D eigenvalue weighted by atomic mass is 9.97. The molecule has 1 aliphatic heterocycles. The Morgan fingerprint density at radius 2 is 1.81 bits per heavy atom. The number of nitrogens with zero attached hydrogens (tertiary/aromatic N) is 3. The Hall–Kier alpha value is -3.74. The average Bonchev–Trinajstić information content (AvgIpc) is 3.91. The third-order valence-corrected chi connectivity index (χ3v) is 8.19. The maximum atomic E-state index is 15.3. The van der Waals surface area contributed by atoms with E-state index in [1.54, 1.807) is 10.7 Å². The fourth-order valence-corrected chi connectivity index (χ4v) is 5.63. The topological polar surface area (TPSA) is 108 Å². The smallest absolute Gasteiger partial charge is 0.335 e. The van der Waals surface area contributed by atoms with Crippen LogP contribution in [-0.4, -0.2) is 70.3 Å². The summed E-state index contributed by atoms with van der Waals surface area (Å²) in [6.45, 7) is 4.90. The molecule has 0 radical (unpaired) electrons. The Labute approximate surface area is 247 Å². The summed E-state index contributed by atoms with van der Waals surface area (Å²) in [6, 6.07) is 2.27. The van der Waals surface area contributed by atoms with Gasteiger partial charge in [-0.15, -0.1) is 0 Å². The second kappa shape index (κ2) is 12.1. The van der Waals surface area contributed by atoms with Crippen molar-refractivity contribution < 1.29 is 31.9 Å². The van der Waals surface area contributed by atoms with Crippen LogP contribution in [0.2, 0.25) is 0 Å². The van der Waals surface area contributed by atoms with Crippen LogP contribution in [0.1, 0.15) is 74.5 Å². The monoisotopic (exact) mass is 604 g/mol. The van der Waals surface area contributed by atoms with Crippen molar-refractivity contribution in [3.05, 3.63) is 58.7 Å². The van der Waals surface area contributed by atoms with E-state index in [1.165, 1.54) is 25.3 Å². The molecule has 3 amide bonds. The largest absolute Gasteiger partial charge is 0.410 e. The van der Waals surface area contributed by atoms with Crippen LogP contribution in [0.25, 0.3) is 0 Å². The number of carbonyl (C=O) groups excluding carboxylic acids is 3. The summed E-state index contributed by atoms with van der Waals surface area (Å²) in [6.07, 6.45) is 0.398. The van der Waals surface area contributed by atoms with E-state index < -0.39 is 54.3 Å². The molecule has 3 fully saturated rings. The van der Waals surface area contributed by atoms with E-state index in [1.807, 2.05) is 13.8 Å². The number of halogens is 4. The highest BCUT2D eigenvalue weighted by Gasteiger charge is 2.47. The summed E-state index contributed by atoms with van der Waals surface area (Å²) in [5.74, 6) is -3.54. The van der Waals surface area contributed by atoms with Crippen LogP contribution in [0.15, 0.2) is 41.6 Å². The Morgan fingerprint density at radius 3 is 2.42 bits per heavy atom. The van der Waals surface area contributed by atoms with Crippen molar-refractivity contribution in [3.8, 4) is 0 Å². The van der Waals surface area contributed by atoms with Gasteiger partial charge in [-0.25, -0.2) is 4.39 Å². The molecule has 0 spiro atoms. The van der Waals surface area contributed by atoms with Crippen LogP contribution in [0.4, 0.5) is 23.2 Å². The van der Waals surface area contributed by atoms with Crippen LogP contribution in [-0.2, 0) is 9.59 Å². The number of piperazine rings is 1. The fraction of sp³-hybridized carbons (Fsp3) is 0.533. The van der Waals surface area contributed by atoms with Gasteiger partial charge in [-0.2, -0.15) is 18.3 Å². The predicted octanol–water partition coefficient (Wildman–Crippen LogP) is 4.31. The van der Waals surface area contributed by atoms with Gasteiger partial charge in [0.15, 0.2) is 0 Å². The molecular weight excluding hydrogens is 568 g/mol. The molecule has 1 aromatic heterocycles. The Balaban J connectivity index is 1.34. The van der Waals surface area contributed by atoms with Gasteiger partial charge in [-0.1, -0.05) is 11.6 Å². The van der Waals surface area contributed by atoms with Crippen molar-refractivity contribution >= 4 is 23.4 Å². The van der Waals surface area contributed by atoms with Crippen LogP contribution in [0, 0.1) is 11.7 Å². The molecule has 43 heavy (non-hydrogen) atoms. The van der Waals surface area contributed by atoms with Gasteiger partial charge < -0.3 is 20.9 Å². The highest BCUT2D eigenvalue weighted by Crippen LogP contribution is 2.46. The Morgan fingerprint density at radius 1 is 1.09 bits per heavy atom. The summed E-state index contributed by atoms with van der Waals surface area (Å²) < 4.78 is 57.5. The minimum Gasteiger partial charge on any atom is -0.335 e. The molecule has 1 unspecified atom stereocenters. The molecule has 0 bridgehead atoms. The normalized spacial score (nSPS) is 20.0. The van der Waals surface area contributed by atoms with Gasteiger partial charge >= 0.3 is 6.18 Å². The summed E-state index contributed by atoms with van der Waals surface area (Å²) in [4.78, 5) is 40.8. The maximum absolute atomic E-state index is 15.3. The van der Waals surface area contributed by atoms with E-state index in [2.05, 4.69) is 21.0 Å². The van der Waals surface area contributed by atoms with Gasteiger partial charge in [-0.3, -0.25) is 19.1 Å². The zero-order valence-corrected chi connectivity index (χ0v) is 24.3. The van der Waals surface area contributed by atoms with Gasteiger partial charge in [0.05, 0.1) is 11.6 Å². The molecule has 2 saturated carbocycles. The number of hydrogen-bond donors (Lipinski definition) is 3. The van der Waals surface area contributed by atoms with Gasteiger partial charge in [0.2, 0.25) is 5.91 Å². The number of alkyl halides is 3. The van der Waals surface area contributed by atoms with Crippen molar-refractivity contribution in [3.63, 3.8) is 0 Å². The second-order valence-corrected chi connectivity index (χ2v) is 11.7. The average molecular weight is 605 g/mol. The number of anilines is 1. The molecule has 3 N–H and O–H groups in total. The first-order valence-corrected chi connectivity index (χ1v) is 14.6. The molecule has 5 rings (SSSR count). The van der Waals surface area contributed by atoms with E-state index in [0.717, 1.165) is 47.8 Å². The molecule has 2 aliphatic carbocycles. The van der Waals surface area contributed by atoms with Gasteiger partial charge in [0, 0.05) is 31.9 Å².